The quantitative estimate of drug-likeness (QED) is 0.634. The van der Waals surface area contributed by atoms with Gasteiger partial charge < -0.3 is 9.67 Å². The minimum absolute atomic E-state index is 0.00782. The number of aliphatic hydroxyl groups is 1. The first-order chi connectivity index (χ1) is 13.4. The van der Waals surface area contributed by atoms with E-state index < -0.39 is 17.5 Å². The Kier molecular flexibility index (Phi) is 5.77. The zero-order valence-corrected chi connectivity index (χ0v) is 17.1. The first-order valence-electron chi connectivity index (χ1n) is 10.1. The van der Waals surface area contributed by atoms with Crippen LogP contribution in [0.5, 0.6) is 0 Å². The normalized spacial score (nSPS) is 16.8. The minimum atomic E-state index is -4.50. The van der Waals surface area contributed by atoms with E-state index in [4.69, 9.17) is 0 Å². The van der Waals surface area contributed by atoms with Crippen molar-refractivity contribution < 1.29 is 23.1 Å². The van der Waals surface area contributed by atoms with E-state index in [1.165, 1.54) is 6.07 Å². The van der Waals surface area contributed by atoms with Crippen LogP contribution in [0.25, 0.3) is 11.2 Å². The second-order valence-electron chi connectivity index (χ2n) is 8.99. The van der Waals surface area contributed by atoms with Gasteiger partial charge in [0.15, 0.2) is 5.65 Å². The van der Waals surface area contributed by atoms with E-state index in [2.05, 4.69) is 9.97 Å². The van der Waals surface area contributed by atoms with Crippen molar-refractivity contribution in [1.82, 2.24) is 14.5 Å². The standard InChI is InChI=1S/C21H28F3N3O2/c1-19(2,29)13-14(28)7-4-5-8-17-25-15-9-10-16(21(22,23)24)26-18(15)27(17)20(3)11-6-12-20/h9-10,29H,4-8,11-13H2,1-3H3. The lowest BCUT2D eigenvalue weighted by molar-refractivity contribution is -0.141. The summed E-state index contributed by atoms with van der Waals surface area (Å²) in [5.41, 5.74) is -1.42. The molecule has 0 spiro atoms. The number of pyridine rings is 1. The van der Waals surface area contributed by atoms with Crippen LogP contribution in [0.4, 0.5) is 13.2 Å². The third-order valence-electron chi connectivity index (χ3n) is 5.57. The third kappa shape index (κ3) is 4.97. The maximum Gasteiger partial charge on any atom is 0.433 e. The molecule has 0 atom stereocenters. The average molecular weight is 411 g/mol. The first kappa shape index (κ1) is 21.7. The van der Waals surface area contributed by atoms with Gasteiger partial charge in [0.1, 0.15) is 22.8 Å². The summed E-state index contributed by atoms with van der Waals surface area (Å²) < 4.78 is 41.3. The number of halogens is 3. The molecule has 5 nitrogen and oxygen atoms in total. The van der Waals surface area contributed by atoms with Gasteiger partial charge in [0, 0.05) is 24.8 Å². The van der Waals surface area contributed by atoms with Gasteiger partial charge in [-0.2, -0.15) is 13.2 Å². The highest BCUT2D eigenvalue weighted by atomic mass is 19.4. The van der Waals surface area contributed by atoms with E-state index in [1.807, 2.05) is 11.5 Å². The predicted octanol–water partition coefficient (Wildman–Crippen LogP) is 4.79. The molecule has 1 fully saturated rings. The van der Waals surface area contributed by atoms with Crippen LogP contribution < -0.4 is 0 Å². The topological polar surface area (TPSA) is 68.0 Å². The second-order valence-corrected chi connectivity index (χ2v) is 8.99. The number of hydrogen-bond donors (Lipinski definition) is 1. The van der Waals surface area contributed by atoms with Crippen LogP contribution in [0.1, 0.15) is 77.2 Å². The lowest BCUT2D eigenvalue weighted by Gasteiger charge is -2.41. The molecule has 0 radical (unpaired) electrons. The van der Waals surface area contributed by atoms with Gasteiger partial charge >= 0.3 is 6.18 Å². The number of rotatable bonds is 8. The number of nitrogens with zero attached hydrogens (tertiary/aromatic N) is 3. The Balaban J connectivity index is 1.79. The summed E-state index contributed by atoms with van der Waals surface area (Å²) in [5.74, 6) is 0.734. The number of carbonyl (C=O) groups excluding carboxylic acids is 1. The van der Waals surface area contributed by atoms with Crippen molar-refractivity contribution in [2.24, 2.45) is 0 Å². The number of unbranched alkanes of at least 4 members (excludes halogenated alkanes) is 1. The van der Waals surface area contributed by atoms with Crippen molar-refractivity contribution in [2.45, 2.75) is 89.5 Å². The molecule has 0 amide bonds. The van der Waals surface area contributed by atoms with Gasteiger partial charge in [0.25, 0.3) is 0 Å². The number of fused-ring (bicyclic) bond motifs is 1. The largest absolute Gasteiger partial charge is 0.433 e. The summed E-state index contributed by atoms with van der Waals surface area (Å²) in [5, 5.41) is 9.72. The van der Waals surface area contributed by atoms with Crippen LogP contribution in [0.3, 0.4) is 0 Å². The fourth-order valence-electron chi connectivity index (χ4n) is 3.99. The Hall–Kier alpha value is -1.96. The van der Waals surface area contributed by atoms with Gasteiger partial charge in [0.2, 0.25) is 0 Å². The molecule has 0 unspecified atom stereocenters. The summed E-state index contributed by atoms with van der Waals surface area (Å²) in [6, 6.07) is 2.36. The maximum absolute atomic E-state index is 13.1. The van der Waals surface area contributed by atoms with Crippen molar-refractivity contribution in [2.75, 3.05) is 0 Å². The monoisotopic (exact) mass is 411 g/mol. The van der Waals surface area contributed by atoms with E-state index in [0.717, 1.165) is 31.2 Å². The number of carbonyl (C=O) groups is 1. The van der Waals surface area contributed by atoms with E-state index in [0.29, 0.717) is 31.2 Å². The highest BCUT2D eigenvalue weighted by molar-refractivity contribution is 5.79. The Morgan fingerprint density at radius 3 is 2.45 bits per heavy atom. The molecule has 160 valence electrons. The molecule has 2 aromatic heterocycles. The van der Waals surface area contributed by atoms with Gasteiger partial charge in [-0.05, 0) is 65.0 Å². The molecule has 0 bridgehead atoms. The Morgan fingerprint density at radius 1 is 1.21 bits per heavy atom. The van der Waals surface area contributed by atoms with E-state index in [9.17, 15) is 23.1 Å². The van der Waals surface area contributed by atoms with Crippen molar-refractivity contribution >= 4 is 16.9 Å². The summed E-state index contributed by atoms with van der Waals surface area (Å²) in [4.78, 5) is 20.4. The molecule has 1 saturated carbocycles. The van der Waals surface area contributed by atoms with Crippen LogP contribution in [0, 0.1) is 0 Å². The van der Waals surface area contributed by atoms with Gasteiger partial charge in [-0.1, -0.05) is 0 Å². The Morgan fingerprint density at radius 2 is 1.90 bits per heavy atom. The number of ketones is 1. The van der Waals surface area contributed by atoms with Crippen molar-refractivity contribution in [1.29, 1.82) is 0 Å². The summed E-state index contributed by atoms with van der Waals surface area (Å²) in [7, 11) is 0. The zero-order valence-electron chi connectivity index (χ0n) is 17.1. The van der Waals surface area contributed by atoms with Crippen LogP contribution in [0.15, 0.2) is 12.1 Å². The summed E-state index contributed by atoms with van der Waals surface area (Å²) >= 11 is 0. The first-order valence-corrected chi connectivity index (χ1v) is 10.1. The van der Waals surface area contributed by atoms with Crippen LogP contribution >= 0.6 is 0 Å². The van der Waals surface area contributed by atoms with Crippen molar-refractivity contribution in [3.63, 3.8) is 0 Å². The number of aromatic nitrogens is 3. The third-order valence-corrected chi connectivity index (χ3v) is 5.57. The molecule has 8 heteroatoms. The van der Waals surface area contributed by atoms with Crippen molar-refractivity contribution in [3.05, 3.63) is 23.7 Å². The fraction of sp³-hybridized carbons (Fsp3) is 0.667. The highest BCUT2D eigenvalue weighted by Gasteiger charge is 2.38. The Labute approximate surface area is 168 Å². The van der Waals surface area contributed by atoms with Crippen LogP contribution in [0.2, 0.25) is 0 Å². The number of aryl methyl sites for hydroxylation is 1. The predicted molar refractivity (Wildman–Crippen MR) is 104 cm³/mol. The van der Waals surface area contributed by atoms with Gasteiger partial charge in [-0.3, -0.25) is 4.79 Å². The molecule has 0 aromatic carbocycles. The van der Waals surface area contributed by atoms with E-state index >= 15 is 0 Å². The summed E-state index contributed by atoms with van der Waals surface area (Å²) in [6.45, 7) is 5.25. The number of hydrogen-bond acceptors (Lipinski definition) is 4. The van der Waals surface area contributed by atoms with Gasteiger partial charge in [0.05, 0.1) is 5.60 Å². The maximum atomic E-state index is 13.1. The minimum Gasteiger partial charge on any atom is -0.390 e. The fourth-order valence-corrected chi connectivity index (χ4v) is 3.99. The van der Waals surface area contributed by atoms with Crippen molar-refractivity contribution in [3.8, 4) is 0 Å². The molecule has 1 aliphatic carbocycles. The number of imidazole rings is 1. The van der Waals surface area contributed by atoms with E-state index in [1.54, 1.807) is 13.8 Å². The number of alkyl halides is 3. The molecule has 3 rings (SSSR count). The molecule has 1 aliphatic rings. The molecule has 2 aromatic rings. The van der Waals surface area contributed by atoms with Crippen LogP contribution in [-0.2, 0) is 22.9 Å². The van der Waals surface area contributed by atoms with Crippen LogP contribution in [-0.4, -0.2) is 31.0 Å². The average Bonchev–Trinajstić information content (AvgIpc) is 2.92. The zero-order chi connectivity index (χ0) is 21.4. The SMILES string of the molecule is CC(C)(O)CC(=O)CCCCc1nc2ccc(C(F)(F)F)nc2n1C1(C)CCC1. The molecule has 0 aliphatic heterocycles. The summed E-state index contributed by atoms with van der Waals surface area (Å²) in [6.07, 6.45) is 0.708. The lowest BCUT2D eigenvalue weighted by Crippen LogP contribution is -2.38. The molecular weight excluding hydrogens is 383 g/mol. The molecule has 0 saturated heterocycles. The lowest BCUT2D eigenvalue weighted by atomic mass is 9.78. The molecular formula is C21H28F3N3O2. The molecule has 2 heterocycles. The number of Topliss-reactive ketones (excluding diaryl/α,β-unsaturated/α-hetero) is 1. The Bertz CT molecular complexity index is 893. The molecule has 1 N–H and O–H groups in total. The smallest absolute Gasteiger partial charge is 0.390 e. The second kappa shape index (κ2) is 7.70. The van der Waals surface area contributed by atoms with Gasteiger partial charge in [-0.25, -0.2) is 9.97 Å². The molecule has 29 heavy (non-hydrogen) atoms. The highest BCUT2D eigenvalue weighted by Crippen LogP contribution is 2.42. The van der Waals surface area contributed by atoms with E-state index in [-0.39, 0.29) is 23.4 Å². The van der Waals surface area contributed by atoms with Gasteiger partial charge in [-0.15, -0.1) is 0 Å².